The van der Waals surface area contributed by atoms with Crippen molar-refractivity contribution in [2.75, 3.05) is 0 Å². The molecule has 0 aliphatic heterocycles. The number of aliphatic hydroxyl groups excluding tert-OH is 1. The molecule has 5 aliphatic carbocycles. The molecule has 3 nitrogen and oxygen atoms in total. The highest BCUT2D eigenvalue weighted by molar-refractivity contribution is 5.67. The molecule has 0 unspecified atom stereocenters. The lowest BCUT2D eigenvalue weighted by atomic mass is 9.32. The zero-order valence-electron chi connectivity index (χ0n) is 22.2. The summed E-state index contributed by atoms with van der Waals surface area (Å²) in [5.74, 6) is 3.16. The van der Waals surface area contributed by atoms with Crippen molar-refractivity contribution < 1.29 is 10.3 Å². The van der Waals surface area contributed by atoms with E-state index >= 15 is 0 Å². The van der Waals surface area contributed by atoms with Gasteiger partial charge in [0.05, 0.1) is 12.3 Å². The quantitative estimate of drug-likeness (QED) is 0.196. The van der Waals surface area contributed by atoms with E-state index in [4.69, 9.17) is 0 Å². The van der Waals surface area contributed by atoms with Crippen LogP contribution in [0, 0.1) is 56.7 Å². The highest BCUT2D eigenvalue weighted by Crippen LogP contribution is 2.77. The first-order valence-corrected chi connectivity index (χ1v) is 13.9. The number of hydrogen-bond donors (Lipinski definition) is 2. The molecule has 0 aromatic rings. The van der Waals surface area contributed by atoms with Crippen LogP contribution < -0.4 is 0 Å². The Bertz CT molecular complexity index is 848. The van der Waals surface area contributed by atoms with Crippen LogP contribution in [0.2, 0.25) is 0 Å². The highest BCUT2D eigenvalue weighted by Gasteiger charge is 2.70. The lowest BCUT2D eigenvalue weighted by Gasteiger charge is -2.72. The highest BCUT2D eigenvalue weighted by atomic mass is 16.4. The maximum atomic E-state index is 10.9. The fourth-order valence-corrected chi connectivity index (χ4v) is 11.5. The van der Waals surface area contributed by atoms with Gasteiger partial charge in [0, 0.05) is 5.41 Å². The average Bonchev–Trinajstić information content (AvgIpc) is 3.12. The van der Waals surface area contributed by atoms with Crippen LogP contribution in [0.1, 0.15) is 106 Å². The van der Waals surface area contributed by atoms with E-state index in [1.54, 1.807) is 0 Å². The monoisotopic (exact) mass is 455 g/mol. The second-order valence-electron chi connectivity index (χ2n) is 14.5. The summed E-state index contributed by atoms with van der Waals surface area (Å²) in [6.07, 6.45) is 13.9. The van der Waals surface area contributed by atoms with Crippen LogP contribution in [0.5, 0.6) is 0 Å². The molecule has 0 saturated heterocycles. The van der Waals surface area contributed by atoms with Gasteiger partial charge in [-0.25, -0.2) is 0 Å². The van der Waals surface area contributed by atoms with Crippen LogP contribution in [-0.4, -0.2) is 22.6 Å². The van der Waals surface area contributed by atoms with E-state index in [9.17, 15) is 10.3 Å². The number of aliphatic hydroxyl groups is 1. The molecule has 0 radical (unpaired) electrons. The standard InChI is InChI=1S/C30H49NO2/c1-19(2)20-10-15-30(18-31-33)17-16-28(6)21(25(20)30)8-9-23-27(5)13-12-24(32)26(3,4)22(27)11-14-29(23,28)7/h18,20-25,32-33H,1,8-17H2,2-7H3/b31-18+/t20-,21+,22-,23+,24-,25+,27-,28+,29+,30+/m0/s1. The van der Waals surface area contributed by atoms with Gasteiger partial charge in [0.15, 0.2) is 0 Å². The third-order valence-corrected chi connectivity index (χ3v) is 13.4. The molecule has 0 amide bonds. The number of oxime groups is 1. The first-order valence-electron chi connectivity index (χ1n) is 13.9. The molecule has 2 N–H and O–H groups in total. The lowest BCUT2D eigenvalue weighted by Crippen LogP contribution is -2.66. The van der Waals surface area contributed by atoms with Crippen molar-refractivity contribution in [1.82, 2.24) is 0 Å². The Morgan fingerprint density at radius 2 is 1.58 bits per heavy atom. The molecule has 5 fully saturated rings. The molecule has 3 heteroatoms. The Kier molecular flexibility index (Phi) is 5.31. The van der Waals surface area contributed by atoms with Gasteiger partial charge in [0.25, 0.3) is 0 Å². The van der Waals surface area contributed by atoms with E-state index in [1.807, 2.05) is 6.21 Å². The Morgan fingerprint density at radius 1 is 0.848 bits per heavy atom. The fourth-order valence-electron chi connectivity index (χ4n) is 11.5. The molecule has 0 spiro atoms. The third-order valence-electron chi connectivity index (χ3n) is 13.4. The van der Waals surface area contributed by atoms with Crippen LogP contribution in [-0.2, 0) is 0 Å². The van der Waals surface area contributed by atoms with Gasteiger partial charge in [-0.3, -0.25) is 0 Å². The molecule has 5 rings (SSSR count). The Morgan fingerprint density at radius 3 is 2.24 bits per heavy atom. The van der Waals surface area contributed by atoms with Crippen molar-refractivity contribution in [1.29, 1.82) is 0 Å². The normalized spacial score (nSPS) is 55.4. The van der Waals surface area contributed by atoms with Crippen molar-refractivity contribution in [3.05, 3.63) is 12.2 Å². The summed E-state index contributed by atoms with van der Waals surface area (Å²) in [6.45, 7) is 19.3. The first kappa shape index (κ1) is 23.9. The van der Waals surface area contributed by atoms with Crippen molar-refractivity contribution in [2.45, 2.75) is 112 Å². The summed E-state index contributed by atoms with van der Waals surface area (Å²) in [7, 11) is 0. The van der Waals surface area contributed by atoms with E-state index in [2.05, 4.69) is 53.3 Å². The molecule has 5 aliphatic rings. The van der Waals surface area contributed by atoms with Gasteiger partial charge in [-0.05, 0) is 122 Å². The van der Waals surface area contributed by atoms with Crippen molar-refractivity contribution in [2.24, 2.45) is 61.8 Å². The molecule has 0 bridgehead atoms. The summed E-state index contributed by atoms with van der Waals surface area (Å²) in [5.41, 5.74) is 2.40. The van der Waals surface area contributed by atoms with E-state index in [-0.39, 0.29) is 16.9 Å². The molecule has 0 aromatic carbocycles. The third kappa shape index (κ3) is 2.87. The van der Waals surface area contributed by atoms with Gasteiger partial charge >= 0.3 is 0 Å². The Hall–Kier alpha value is -0.830. The van der Waals surface area contributed by atoms with Crippen molar-refractivity contribution >= 4 is 6.21 Å². The minimum Gasteiger partial charge on any atom is -0.411 e. The first-order chi connectivity index (χ1) is 15.4. The van der Waals surface area contributed by atoms with Crippen LogP contribution >= 0.6 is 0 Å². The molecule has 0 heterocycles. The summed E-state index contributed by atoms with van der Waals surface area (Å²) in [5, 5.41) is 24.2. The number of rotatable bonds is 2. The summed E-state index contributed by atoms with van der Waals surface area (Å²) >= 11 is 0. The minimum absolute atomic E-state index is 0.0158. The van der Waals surface area contributed by atoms with Crippen LogP contribution in [0.25, 0.3) is 0 Å². The number of hydrogen-bond acceptors (Lipinski definition) is 3. The number of allylic oxidation sites excluding steroid dienone is 1. The van der Waals surface area contributed by atoms with Gasteiger partial charge in [0.2, 0.25) is 0 Å². The predicted molar refractivity (Wildman–Crippen MR) is 135 cm³/mol. The summed E-state index contributed by atoms with van der Waals surface area (Å²) in [6, 6.07) is 0. The van der Waals surface area contributed by atoms with E-state index < -0.39 is 0 Å². The van der Waals surface area contributed by atoms with Gasteiger partial charge in [-0.15, -0.1) is 5.16 Å². The van der Waals surface area contributed by atoms with Gasteiger partial charge < -0.3 is 10.3 Å². The maximum Gasteiger partial charge on any atom is 0.0594 e. The lowest BCUT2D eigenvalue weighted by molar-refractivity contribution is -0.243. The largest absolute Gasteiger partial charge is 0.411 e. The van der Waals surface area contributed by atoms with Crippen molar-refractivity contribution in [3.8, 4) is 0 Å². The molecule has 5 saturated carbocycles. The average molecular weight is 456 g/mol. The zero-order valence-corrected chi connectivity index (χ0v) is 22.2. The van der Waals surface area contributed by atoms with Crippen LogP contribution in [0.4, 0.5) is 0 Å². The Labute approximate surface area is 202 Å². The predicted octanol–water partition coefficient (Wildman–Crippen LogP) is 7.46. The smallest absolute Gasteiger partial charge is 0.0594 e. The van der Waals surface area contributed by atoms with Crippen molar-refractivity contribution in [3.63, 3.8) is 0 Å². The van der Waals surface area contributed by atoms with Gasteiger partial charge in [0.1, 0.15) is 0 Å². The molecule has 0 aromatic heterocycles. The molecule has 33 heavy (non-hydrogen) atoms. The van der Waals surface area contributed by atoms with Crippen LogP contribution in [0.15, 0.2) is 17.3 Å². The minimum atomic E-state index is -0.158. The molecule has 186 valence electrons. The summed E-state index contributed by atoms with van der Waals surface area (Å²) < 4.78 is 0. The number of nitrogens with zero attached hydrogens (tertiary/aromatic N) is 1. The summed E-state index contributed by atoms with van der Waals surface area (Å²) in [4.78, 5) is 0. The second kappa shape index (κ2) is 7.34. The maximum absolute atomic E-state index is 10.9. The van der Waals surface area contributed by atoms with Gasteiger partial charge in [-0.2, -0.15) is 0 Å². The fraction of sp³-hybridized carbons (Fsp3) is 0.900. The molecular formula is C30H49NO2. The van der Waals surface area contributed by atoms with E-state index in [1.165, 1.54) is 50.5 Å². The van der Waals surface area contributed by atoms with E-state index in [0.717, 1.165) is 25.2 Å². The van der Waals surface area contributed by atoms with E-state index in [0.29, 0.717) is 39.9 Å². The zero-order chi connectivity index (χ0) is 24.0. The Balaban J connectivity index is 1.56. The van der Waals surface area contributed by atoms with Gasteiger partial charge in [-0.1, -0.05) is 46.8 Å². The van der Waals surface area contributed by atoms with Crippen LogP contribution in [0.3, 0.4) is 0 Å². The topological polar surface area (TPSA) is 52.8 Å². The molecule has 10 atom stereocenters. The molecular weight excluding hydrogens is 406 g/mol. The SMILES string of the molecule is C=C(C)[C@@H]1CC[C@]2(/C=N/O)CC[C@]3(C)[C@H](CC[C@@H]4[C@@]5(C)CC[C@H](O)C(C)(C)[C@@H]5CC[C@]43C)[C@@H]12. The number of fused-ring (bicyclic) bond motifs is 7. The second-order valence-corrected chi connectivity index (χ2v) is 14.5.